The lowest BCUT2D eigenvalue weighted by Crippen LogP contribution is -2.46. The number of benzene rings is 1. The predicted octanol–water partition coefficient (Wildman–Crippen LogP) is 3.77. The molecule has 0 fully saturated rings. The second-order valence-electron chi connectivity index (χ2n) is 5.13. The topological polar surface area (TPSA) is 63.6 Å². The summed E-state index contributed by atoms with van der Waals surface area (Å²) < 4.78 is 5.68. The van der Waals surface area contributed by atoms with E-state index < -0.39 is 17.4 Å². The monoisotopic (exact) mass is 356 g/mol. The van der Waals surface area contributed by atoms with Crippen LogP contribution in [0.25, 0.3) is 0 Å². The number of hydrogen-bond donors (Lipinski definition) is 1. The molecule has 1 aromatic carbocycles. The van der Waals surface area contributed by atoms with Crippen LogP contribution in [-0.2, 0) is 19.7 Å². The highest BCUT2D eigenvalue weighted by Crippen LogP contribution is 2.38. The summed E-state index contributed by atoms with van der Waals surface area (Å²) in [5.74, 6) is -1.80. The van der Waals surface area contributed by atoms with Crippen LogP contribution in [0.1, 0.15) is 39.2 Å². The van der Waals surface area contributed by atoms with Crippen LogP contribution in [0, 0.1) is 5.92 Å². The minimum absolute atomic E-state index is 0.0811. The van der Waals surface area contributed by atoms with Crippen molar-refractivity contribution in [3.05, 3.63) is 34.3 Å². The van der Waals surface area contributed by atoms with Crippen LogP contribution in [0.2, 0.25) is 0 Å². The molecule has 0 spiro atoms. The Kier molecular flexibility index (Phi) is 6.40. The Hall–Kier alpha value is -1.36. The van der Waals surface area contributed by atoms with Gasteiger partial charge in [0.2, 0.25) is 0 Å². The van der Waals surface area contributed by atoms with Gasteiger partial charge in [0.15, 0.2) is 5.41 Å². The van der Waals surface area contributed by atoms with E-state index in [9.17, 15) is 14.7 Å². The van der Waals surface area contributed by atoms with Gasteiger partial charge in [-0.2, -0.15) is 0 Å². The number of carboxylic acids is 1. The number of hydrogen-bond acceptors (Lipinski definition) is 3. The highest BCUT2D eigenvalue weighted by Gasteiger charge is 2.50. The molecule has 0 aromatic heterocycles. The molecule has 0 radical (unpaired) electrons. The molecule has 0 bridgehead atoms. The predicted molar refractivity (Wildman–Crippen MR) is 84.2 cm³/mol. The summed E-state index contributed by atoms with van der Waals surface area (Å²) in [6.07, 6.45) is 0.999. The summed E-state index contributed by atoms with van der Waals surface area (Å²) in [5.41, 5.74) is -1.23. The Morgan fingerprint density at radius 1 is 1.33 bits per heavy atom. The van der Waals surface area contributed by atoms with Crippen molar-refractivity contribution < 1.29 is 19.4 Å². The Bertz CT molecular complexity index is 515. The fourth-order valence-electron chi connectivity index (χ4n) is 2.32. The fourth-order valence-corrected chi connectivity index (χ4v) is 2.94. The van der Waals surface area contributed by atoms with E-state index in [0.29, 0.717) is 10.0 Å². The zero-order chi connectivity index (χ0) is 16.0. The summed E-state index contributed by atoms with van der Waals surface area (Å²) in [6, 6.07) is 6.92. The molecule has 5 heteroatoms. The summed E-state index contributed by atoms with van der Waals surface area (Å²) in [6.45, 7) is 5.74. The quantitative estimate of drug-likeness (QED) is 0.596. The lowest BCUT2D eigenvalue weighted by molar-refractivity contribution is -0.162. The van der Waals surface area contributed by atoms with Gasteiger partial charge in [0.05, 0.1) is 6.61 Å². The van der Waals surface area contributed by atoms with E-state index in [4.69, 9.17) is 4.74 Å². The van der Waals surface area contributed by atoms with E-state index in [1.165, 1.54) is 0 Å². The van der Waals surface area contributed by atoms with Gasteiger partial charge in [-0.05, 0) is 30.9 Å². The molecule has 2 atom stereocenters. The normalized spacial score (nSPS) is 15.0. The van der Waals surface area contributed by atoms with Gasteiger partial charge in [0.25, 0.3) is 0 Å². The van der Waals surface area contributed by atoms with Gasteiger partial charge in [-0.1, -0.05) is 54.4 Å². The van der Waals surface area contributed by atoms with Crippen molar-refractivity contribution in [3.8, 4) is 0 Å². The van der Waals surface area contributed by atoms with E-state index in [2.05, 4.69) is 15.9 Å². The van der Waals surface area contributed by atoms with Gasteiger partial charge >= 0.3 is 11.9 Å². The molecule has 1 N–H and O–H groups in total. The molecule has 0 aliphatic heterocycles. The Labute approximate surface area is 133 Å². The number of esters is 1. The van der Waals surface area contributed by atoms with Crippen LogP contribution in [0.3, 0.4) is 0 Å². The summed E-state index contributed by atoms with van der Waals surface area (Å²) >= 11 is 3.36. The van der Waals surface area contributed by atoms with Crippen molar-refractivity contribution in [2.24, 2.45) is 5.92 Å². The molecule has 0 saturated carbocycles. The van der Waals surface area contributed by atoms with Gasteiger partial charge < -0.3 is 9.84 Å². The van der Waals surface area contributed by atoms with Crippen molar-refractivity contribution in [1.29, 1.82) is 0 Å². The molecule has 2 unspecified atom stereocenters. The van der Waals surface area contributed by atoms with E-state index in [1.54, 1.807) is 31.2 Å². The molecule has 0 amide bonds. The van der Waals surface area contributed by atoms with Crippen molar-refractivity contribution in [1.82, 2.24) is 0 Å². The maximum absolute atomic E-state index is 12.5. The first-order valence-electron chi connectivity index (χ1n) is 7.05. The molecule has 1 rings (SSSR count). The highest BCUT2D eigenvalue weighted by atomic mass is 79.9. The first kappa shape index (κ1) is 17.7. The molecule has 4 nitrogen and oxygen atoms in total. The van der Waals surface area contributed by atoms with E-state index in [-0.39, 0.29) is 18.9 Å². The number of carboxylic acid groups (broad SMARTS) is 1. The van der Waals surface area contributed by atoms with Gasteiger partial charge in [-0.15, -0.1) is 0 Å². The highest BCUT2D eigenvalue weighted by molar-refractivity contribution is 9.10. The number of carbonyl (C=O) groups excluding carboxylic acids is 1. The van der Waals surface area contributed by atoms with Gasteiger partial charge in [-0.25, -0.2) is 0 Å². The molecule has 0 saturated heterocycles. The molecule has 0 aliphatic carbocycles. The lowest BCUT2D eigenvalue weighted by atomic mass is 9.73. The maximum atomic E-state index is 12.5. The summed E-state index contributed by atoms with van der Waals surface area (Å²) in [5, 5.41) is 9.82. The van der Waals surface area contributed by atoms with Gasteiger partial charge in [-0.3, -0.25) is 9.59 Å². The third-order valence-electron chi connectivity index (χ3n) is 3.67. The van der Waals surface area contributed by atoms with Crippen molar-refractivity contribution in [2.75, 3.05) is 6.61 Å². The van der Waals surface area contributed by atoms with E-state index >= 15 is 0 Å². The second kappa shape index (κ2) is 7.59. The molecule has 1 aromatic rings. The smallest absolute Gasteiger partial charge is 0.328 e. The van der Waals surface area contributed by atoms with Gasteiger partial charge in [0.1, 0.15) is 0 Å². The van der Waals surface area contributed by atoms with Crippen LogP contribution in [0.15, 0.2) is 28.7 Å². The van der Waals surface area contributed by atoms with E-state index in [1.807, 2.05) is 13.8 Å². The third kappa shape index (κ3) is 3.64. The van der Waals surface area contributed by atoms with Crippen molar-refractivity contribution in [2.45, 2.75) is 39.0 Å². The Morgan fingerprint density at radius 2 is 1.95 bits per heavy atom. The average Bonchev–Trinajstić information content (AvgIpc) is 2.45. The first-order valence-corrected chi connectivity index (χ1v) is 7.85. The second-order valence-corrected chi connectivity index (χ2v) is 5.98. The number of halogens is 1. The Morgan fingerprint density at radius 3 is 2.43 bits per heavy atom. The van der Waals surface area contributed by atoms with Crippen molar-refractivity contribution >= 4 is 27.9 Å². The largest absolute Gasteiger partial charge is 0.480 e. The summed E-state index contributed by atoms with van der Waals surface area (Å²) in [4.78, 5) is 24.5. The van der Waals surface area contributed by atoms with Crippen LogP contribution in [-0.4, -0.2) is 23.7 Å². The van der Waals surface area contributed by atoms with Gasteiger partial charge in [0, 0.05) is 4.47 Å². The zero-order valence-corrected chi connectivity index (χ0v) is 14.1. The first-order chi connectivity index (χ1) is 9.90. The number of ether oxygens (including phenoxy) is 1. The SMILES string of the molecule is CCOC(=O)C(CC(C)CC)(C(=O)O)c1ccccc1Br. The average molecular weight is 357 g/mol. The van der Waals surface area contributed by atoms with Crippen LogP contribution in [0.4, 0.5) is 0 Å². The standard InChI is InChI=1S/C16H21BrO4/c1-4-11(3)10-16(14(18)19,15(20)21-5-2)12-8-6-7-9-13(12)17/h6-9,11H,4-5,10H2,1-3H3,(H,18,19). The van der Waals surface area contributed by atoms with E-state index in [0.717, 1.165) is 6.42 Å². The molecular formula is C16H21BrO4. The Balaban J connectivity index is 3.48. The minimum atomic E-state index is -1.68. The summed E-state index contributed by atoms with van der Waals surface area (Å²) in [7, 11) is 0. The van der Waals surface area contributed by atoms with Crippen molar-refractivity contribution in [3.63, 3.8) is 0 Å². The number of carbonyl (C=O) groups is 2. The molecule has 0 heterocycles. The number of rotatable bonds is 7. The van der Waals surface area contributed by atoms with Crippen LogP contribution < -0.4 is 0 Å². The molecular weight excluding hydrogens is 336 g/mol. The fraction of sp³-hybridized carbons (Fsp3) is 0.500. The third-order valence-corrected chi connectivity index (χ3v) is 4.37. The minimum Gasteiger partial charge on any atom is -0.480 e. The van der Waals surface area contributed by atoms with Crippen LogP contribution in [0.5, 0.6) is 0 Å². The number of aliphatic carboxylic acids is 1. The molecule has 21 heavy (non-hydrogen) atoms. The maximum Gasteiger partial charge on any atom is 0.328 e. The lowest BCUT2D eigenvalue weighted by Gasteiger charge is -2.30. The molecule has 116 valence electrons. The molecule has 0 aliphatic rings. The van der Waals surface area contributed by atoms with Crippen LogP contribution >= 0.6 is 15.9 Å². The zero-order valence-electron chi connectivity index (χ0n) is 12.6.